The van der Waals surface area contributed by atoms with Gasteiger partial charge in [-0.05, 0) is 35.7 Å². The van der Waals surface area contributed by atoms with Crippen LogP contribution < -0.4 is 4.90 Å². The van der Waals surface area contributed by atoms with Crippen molar-refractivity contribution in [2.24, 2.45) is 0 Å². The number of rotatable bonds is 6. The molecule has 2 rings (SSSR count). The third-order valence-electron chi connectivity index (χ3n) is 3.19. The van der Waals surface area contributed by atoms with Gasteiger partial charge in [0, 0.05) is 36.8 Å². The van der Waals surface area contributed by atoms with Gasteiger partial charge in [-0.2, -0.15) is 0 Å². The molecule has 1 aromatic heterocycles. The van der Waals surface area contributed by atoms with Crippen LogP contribution in [-0.2, 0) is 6.54 Å². The van der Waals surface area contributed by atoms with Crippen molar-refractivity contribution < 1.29 is 4.79 Å². The van der Waals surface area contributed by atoms with E-state index in [1.165, 1.54) is 4.88 Å². The van der Waals surface area contributed by atoms with Crippen molar-refractivity contribution in [3.63, 3.8) is 0 Å². The van der Waals surface area contributed by atoms with Gasteiger partial charge in [0.1, 0.15) is 0 Å². The van der Waals surface area contributed by atoms with Crippen LogP contribution in [-0.4, -0.2) is 31.4 Å². The van der Waals surface area contributed by atoms with Crippen LogP contribution in [0.4, 0.5) is 5.69 Å². The molecule has 0 fully saturated rings. The van der Waals surface area contributed by atoms with E-state index in [0.29, 0.717) is 18.7 Å². The largest absolute Gasteiger partial charge is 0.378 e. The maximum absolute atomic E-state index is 12.6. The smallest absolute Gasteiger partial charge is 0.254 e. The first-order valence-corrected chi connectivity index (χ1v) is 7.69. The summed E-state index contributed by atoms with van der Waals surface area (Å²) in [5.41, 5.74) is 1.79. The minimum absolute atomic E-state index is 0.0357. The van der Waals surface area contributed by atoms with E-state index in [-0.39, 0.29) is 5.91 Å². The lowest BCUT2D eigenvalue weighted by atomic mass is 10.1. The fraction of sp³-hybridized carbons (Fsp3) is 0.235. The molecule has 1 heterocycles. The van der Waals surface area contributed by atoms with E-state index in [0.717, 1.165) is 5.69 Å². The number of anilines is 1. The average molecular weight is 300 g/mol. The maximum atomic E-state index is 12.6. The molecule has 0 unspecified atom stereocenters. The van der Waals surface area contributed by atoms with Crippen molar-refractivity contribution >= 4 is 22.9 Å². The van der Waals surface area contributed by atoms with Crippen LogP contribution in [0.5, 0.6) is 0 Å². The van der Waals surface area contributed by atoms with Crippen LogP contribution in [0.1, 0.15) is 15.2 Å². The first kappa shape index (κ1) is 15.3. The van der Waals surface area contributed by atoms with Gasteiger partial charge in [-0.1, -0.05) is 12.1 Å². The lowest BCUT2D eigenvalue weighted by Gasteiger charge is -2.21. The van der Waals surface area contributed by atoms with Gasteiger partial charge >= 0.3 is 0 Å². The molecular formula is C17H20N2OS. The number of nitrogens with zero attached hydrogens (tertiary/aromatic N) is 2. The first-order chi connectivity index (χ1) is 10.1. The Morgan fingerprint density at radius 3 is 2.48 bits per heavy atom. The Balaban J connectivity index is 2.15. The van der Waals surface area contributed by atoms with Crippen molar-refractivity contribution in [2.45, 2.75) is 6.54 Å². The highest BCUT2D eigenvalue weighted by Crippen LogP contribution is 2.17. The van der Waals surface area contributed by atoms with E-state index in [9.17, 15) is 4.79 Å². The van der Waals surface area contributed by atoms with Gasteiger partial charge in [-0.15, -0.1) is 17.9 Å². The molecule has 0 bridgehead atoms. The number of amides is 1. The van der Waals surface area contributed by atoms with Crippen LogP contribution in [0.2, 0.25) is 0 Å². The van der Waals surface area contributed by atoms with E-state index in [1.54, 1.807) is 17.4 Å². The van der Waals surface area contributed by atoms with E-state index >= 15 is 0 Å². The first-order valence-electron chi connectivity index (χ1n) is 6.81. The van der Waals surface area contributed by atoms with Crippen molar-refractivity contribution in [3.05, 3.63) is 64.9 Å². The molecule has 0 aliphatic heterocycles. The topological polar surface area (TPSA) is 23.6 Å². The van der Waals surface area contributed by atoms with Crippen LogP contribution in [0.15, 0.2) is 54.4 Å². The molecule has 110 valence electrons. The van der Waals surface area contributed by atoms with Crippen LogP contribution in [0, 0.1) is 0 Å². The van der Waals surface area contributed by atoms with Gasteiger partial charge in [-0.25, -0.2) is 0 Å². The Morgan fingerprint density at radius 2 is 1.95 bits per heavy atom. The zero-order valence-corrected chi connectivity index (χ0v) is 13.3. The molecule has 4 heteroatoms. The molecule has 0 radical (unpaired) electrons. The van der Waals surface area contributed by atoms with Crippen molar-refractivity contribution in [2.75, 3.05) is 25.5 Å². The Hall–Kier alpha value is -2.07. The zero-order chi connectivity index (χ0) is 15.2. The monoisotopic (exact) mass is 300 g/mol. The summed E-state index contributed by atoms with van der Waals surface area (Å²) in [6, 6.07) is 11.7. The summed E-state index contributed by atoms with van der Waals surface area (Å²) in [5.74, 6) is 0.0357. The van der Waals surface area contributed by atoms with E-state index in [1.807, 2.05) is 65.7 Å². The summed E-state index contributed by atoms with van der Waals surface area (Å²) in [6.07, 6.45) is 1.76. The van der Waals surface area contributed by atoms with Crippen LogP contribution in [0.25, 0.3) is 0 Å². The highest BCUT2D eigenvalue weighted by molar-refractivity contribution is 7.09. The predicted molar refractivity (Wildman–Crippen MR) is 90.0 cm³/mol. The summed E-state index contributed by atoms with van der Waals surface area (Å²) in [4.78, 5) is 17.6. The fourth-order valence-electron chi connectivity index (χ4n) is 2.05. The summed E-state index contributed by atoms with van der Waals surface area (Å²) < 4.78 is 0. The number of hydrogen-bond acceptors (Lipinski definition) is 3. The number of carbonyl (C=O) groups is 1. The number of hydrogen-bond donors (Lipinski definition) is 0. The molecule has 1 amide bonds. The molecule has 0 aliphatic rings. The molecule has 0 saturated heterocycles. The van der Waals surface area contributed by atoms with E-state index in [2.05, 4.69) is 6.58 Å². The van der Waals surface area contributed by atoms with Crippen LogP contribution in [0.3, 0.4) is 0 Å². The molecule has 0 aliphatic carbocycles. The van der Waals surface area contributed by atoms with E-state index < -0.39 is 0 Å². The van der Waals surface area contributed by atoms with Crippen molar-refractivity contribution in [1.82, 2.24) is 4.90 Å². The molecule has 2 aromatic rings. The van der Waals surface area contributed by atoms with Crippen molar-refractivity contribution in [3.8, 4) is 0 Å². The predicted octanol–water partition coefficient (Wildman–Crippen LogP) is 3.64. The number of thiophene rings is 1. The molecule has 0 saturated carbocycles. The lowest BCUT2D eigenvalue weighted by Crippen LogP contribution is -2.30. The Bertz CT molecular complexity index is 588. The Kier molecular flexibility index (Phi) is 5.17. The second-order valence-corrected chi connectivity index (χ2v) is 6.03. The average Bonchev–Trinajstić information content (AvgIpc) is 2.99. The minimum Gasteiger partial charge on any atom is -0.378 e. The number of benzene rings is 1. The van der Waals surface area contributed by atoms with Gasteiger partial charge in [0.25, 0.3) is 5.91 Å². The normalized spacial score (nSPS) is 10.2. The standard InChI is InChI=1S/C17H20N2OS/c1-4-11-19(13-16-6-5-12-21-16)17(20)14-7-9-15(10-8-14)18(2)3/h4-10,12H,1,11,13H2,2-3H3. The summed E-state index contributed by atoms with van der Waals surface area (Å²) in [6.45, 7) is 4.92. The quantitative estimate of drug-likeness (QED) is 0.760. The lowest BCUT2D eigenvalue weighted by molar-refractivity contribution is 0.0764. The summed E-state index contributed by atoms with van der Waals surface area (Å²) in [5, 5.41) is 2.03. The van der Waals surface area contributed by atoms with Gasteiger partial charge in [-0.3, -0.25) is 4.79 Å². The number of carbonyl (C=O) groups excluding carboxylic acids is 1. The zero-order valence-electron chi connectivity index (χ0n) is 12.5. The van der Waals surface area contributed by atoms with E-state index in [4.69, 9.17) is 0 Å². The third kappa shape index (κ3) is 3.95. The van der Waals surface area contributed by atoms with Gasteiger partial charge < -0.3 is 9.80 Å². The maximum Gasteiger partial charge on any atom is 0.254 e. The second-order valence-electron chi connectivity index (χ2n) is 5.00. The van der Waals surface area contributed by atoms with Gasteiger partial charge in [0.15, 0.2) is 0 Å². The second kappa shape index (κ2) is 7.09. The summed E-state index contributed by atoms with van der Waals surface area (Å²) >= 11 is 1.66. The Morgan fingerprint density at radius 1 is 1.24 bits per heavy atom. The molecule has 0 spiro atoms. The molecular weight excluding hydrogens is 280 g/mol. The third-order valence-corrected chi connectivity index (χ3v) is 4.06. The van der Waals surface area contributed by atoms with Crippen LogP contribution >= 0.6 is 11.3 Å². The molecule has 0 atom stereocenters. The minimum atomic E-state index is 0.0357. The van der Waals surface area contributed by atoms with Crippen molar-refractivity contribution in [1.29, 1.82) is 0 Å². The molecule has 0 N–H and O–H groups in total. The highest BCUT2D eigenvalue weighted by Gasteiger charge is 2.15. The molecule has 21 heavy (non-hydrogen) atoms. The Labute approximate surface area is 130 Å². The SMILES string of the molecule is C=CCN(Cc1cccs1)C(=O)c1ccc(N(C)C)cc1. The highest BCUT2D eigenvalue weighted by atomic mass is 32.1. The van der Waals surface area contributed by atoms with Gasteiger partial charge in [0.2, 0.25) is 0 Å². The fourth-order valence-corrected chi connectivity index (χ4v) is 2.77. The molecule has 1 aromatic carbocycles. The molecule has 3 nitrogen and oxygen atoms in total. The summed E-state index contributed by atoms with van der Waals surface area (Å²) in [7, 11) is 3.97. The van der Waals surface area contributed by atoms with Gasteiger partial charge in [0.05, 0.1) is 6.54 Å².